The molecule has 0 aliphatic carbocycles. The lowest BCUT2D eigenvalue weighted by atomic mass is 10.1. The first-order valence-electron chi connectivity index (χ1n) is 10.2. The van der Waals surface area contributed by atoms with Crippen molar-refractivity contribution >= 4 is 33.2 Å². The molecule has 0 bridgehead atoms. The highest BCUT2D eigenvalue weighted by molar-refractivity contribution is 7.17. The molecule has 160 valence electrons. The third kappa shape index (κ3) is 4.72. The number of thiophene rings is 1. The zero-order valence-corrected chi connectivity index (χ0v) is 19.0. The number of rotatable bonds is 7. The Labute approximate surface area is 190 Å². The topological polar surface area (TPSA) is 69.2 Å². The molecular weight excluding hydrogens is 430 g/mol. The van der Waals surface area contributed by atoms with E-state index in [0.29, 0.717) is 34.2 Å². The largest absolute Gasteiger partial charge is 0.387 e. The molecule has 4 rings (SSSR count). The van der Waals surface area contributed by atoms with E-state index < -0.39 is 6.10 Å². The van der Waals surface area contributed by atoms with E-state index in [1.807, 2.05) is 60.0 Å². The van der Waals surface area contributed by atoms with Crippen molar-refractivity contribution in [3.63, 3.8) is 0 Å². The lowest BCUT2D eigenvalue weighted by Crippen LogP contribution is -2.35. The van der Waals surface area contributed by atoms with Gasteiger partial charge in [-0.05, 0) is 25.5 Å². The van der Waals surface area contributed by atoms with Gasteiger partial charge in [0.15, 0.2) is 0 Å². The summed E-state index contributed by atoms with van der Waals surface area (Å²) in [4.78, 5) is 23.4. The third-order valence-corrected chi connectivity index (χ3v) is 6.53. The Morgan fingerprint density at radius 1 is 1.10 bits per heavy atom. The lowest BCUT2D eigenvalue weighted by molar-refractivity contribution is 0.0891. The molecular formula is C24H24ClN3O2S. The normalized spacial score (nSPS) is 12.7. The molecule has 0 amide bonds. The van der Waals surface area contributed by atoms with Gasteiger partial charge in [0.05, 0.1) is 18.0 Å². The van der Waals surface area contributed by atoms with Gasteiger partial charge in [-0.25, -0.2) is 4.98 Å². The molecule has 0 radical (unpaired) electrons. The van der Waals surface area contributed by atoms with Crippen LogP contribution >= 0.6 is 22.9 Å². The first-order valence-corrected chi connectivity index (χ1v) is 11.4. The van der Waals surface area contributed by atoms with Gasteiger partial charge < -0.3 is 10.1 Å². The molecule has 2 aromatic heterocycles. The first kappa shape index (κ1) is 21.7. The van der Waals surface area contributed by atoms with Gasteiger partial charge in [-0.1, -0.05) is 60.1 Å². The van der Waals surface area contributed by atoms with Crippen LogP contribution in [-0.4, -0.2) is 32.6 Å². The van der Waals surface area contributed by atoms with E-state index in [9.17, 15) is 9.90 Å². The number of nitrogens with one attached hydrogen (secondary N) is 1. The minimum absolute atomic E-state index is 0.168. The van der Waals surface area contributed by atoms with Crippen LogP contribution in [0.2, 0.25) is 5.02 Å². The van der Waals surface area contributed by atoms with E-state index in [4.69, 9.17) is 16.6 Å². The number of aliphatic hydroxyl groups is 1. The fourth-order valence-electron chi connectivity index (χ4n) is 3.60. The summed E-state index contributed by atoms with van der Waals surface area (Å²) < 4.78 is 0. The van der Waals surface area contributed by atoms with Crippen molar-refractivity contribution < 1.29 is 5.11 Å². The molecule has 0 aliphatic rings. The fourth-order valence-corrected chi connectivity index (χ4v) is 4.79. The zero-order valence-electron chi connectivity index (χ0n) is 17.4. The summed E-state index contributed by atoms with van der Waals surface area (Å²) in [5.74, 6) is 0.582. The maximum atomic E-state index is 13.0. The van der Waals surface area contributed by atoms with Crippen LogP contribution in [0.1, 0.15) is 31.3 Å². The van der Waals surface area contributed by atoms with Gasteiger partial charge in [-0.15, -0.1) is 11.3 Å². The molecule has 0 spiro atoms. The van der Waals surface area contributed by atoms with Gasteiger partial charge in [0.1, 0.15) is 10.7 Å². The second-order valence-corrected chi connectivity index (χ2v) is 9.04. The SMILES string of the molecule is CC(C)N(Cc1nc2scc(-c3ccccc3Cl)c2c(=O)[nH]1)C[C@H](O)c1ccccc1. The van der Waals surface area contributed by atoms with Gasteiger partial charge >= 0.3 is 0 Å². The van der Waals surface area contributed by atoms with Crippen molar-refractivity contribution in [2.45, 2.75) is 32.5 Å². The van der Waals surface area contributed by atoms with Crippen LogP contribution < -0.4 is 5.56 Å². The molecule has 2 heterocycles. The molecule has 0 saturated carbocycles. The van der Waals surface area contributed by atoms with E-state index in [0.717, 1.165) is 16.7 Å². The summed E-state index contributed by atoms with van der Waals surface area (Å²) in [6, 6.07) is 17.2. The minimum atomic E-state index is -0.618. The molecule has 0 saturated heterocycles. The van der Waals surface area contributed by atoms with Gasteiger partial charge in [0.25, 0.3) is 5.56 Å². The summed E-state index contributed by atoms with van der Waals surface area (Å²) in [5.41, 5.74) is 2.31. The van der Waals surface area contributed by atoms with Crippen molar-refractivity contribution in [1.82, 2.24) is 14.9 Å². The highest BCUT2D eigenvalue weighted by atomic mass is 35.5. The Morgan fingerprint density at radius 2 is 1.81 bits per heavy atom. The van der Waals surface area contributed by atoms with E-state index in [-0.39, 0.29) is 11.6 Å². The van der Waals surface area contributed by atoms with E-state index in [1.54, 1.807) is 0 Å². The number of fused-ring (bicyclic) bond motifs is 1. The highest BCUT2D eigenvalue weighted by Gasteiger charge is 2.19. The molecule has 7 heteroatoms. The molecule has 0 unspecified atom stereocenters. The average Bonchev–Trinajstić information content (AvgIpc) is 3.18. The second-order valence-electron chi connectivity index (χ2n) is 7.77. The first-order chi connectivity index (χ1) is 14.9. The number of H-pyrrole nitrogens is 1. The van der Waals surface area contributed by atoms with E-state index in [2.05, 4.69) is 23.7 Å². The van der Waals surface area contributed by atoms with Crippen LogP contribution in [0.3, 0.4) is 0 Å². The lowest BCUT2D eigenvalue weighted by Gasteiger charge is -2.28. The summed E-state index contributed by atoms with van der Waals surface area (Å²) in [6.45, 7) is 5.01. The molecule has 0 fully saturated rings. The zero-order chi connectivity index (χ0) is 22.0. The van der Waals surface area contributed by atoms with Gasteiger partial charge in [0.2, 0.25) is 0 Å². The molecule has 0 aliphatic heterocycles. The summed E-state index contributed by atoms with van der Waals surface area (Å²) in [6.07, 6.45) is -0.618. The van der Waals surface area contributed by atoms with Gasteiger partial charge in [-0.3, -0.25) is 9.69 Å². The van der Waals surface area contributed by atoms with Crippen LogP contribution in [0, 0.1) is 0 Å². The van der Waals surface area contributed by atoms with Crippen molar-refractivity contribution in [3.8, 4) is 11.1 Å². The predicted molar refractivity (Wildman–Crippen MR) is 128 cm³/mol. The smallest absolute Gasteiger partial charge is 0.260 e. The Morgan fingerprint density at radius 3 is 2.52 bits per heavy atom. The summed E-state index contributed by atoms with van der Waals surface area (Å²) in [7, 11) is 0. The molecule has 2 aromatic carbocycles. The number of aliphatic hydroxyl groups excluding tert-OH is 1. The Hall–Kier alpha value is -2.51. The predicted octanol–water partition coefficient (Wildman–Crippen LogP) is 5.25. The van der Waals surface area contributed by atoms with Crippen molar-refractivity contribution in [2.24, 2.45) is 0 Å². The monoisotopic (exact) mass is 453 g/mol. The summed E-state index contributed by atoms with van der Waals surface area (Å²) in [5, 5.41) is 13.7. The third-order valence-electron chi connectivity index (χ3n) is 5.33. The van der Waals surface area contributed by atoms with Crippen LogP contribution in [0.4, 0.5) is 0 Å². The average molecular weight is 454 g/mol. The maximum Gasteiger partial charge on any atom is 0.260 e. The van der Waals surface area contributed by atoms with Crippen LogP contribution in [0.15, 0.2) is 64.8 Å². The number of hydrogen-bond donors (Lipinski definition) is 2. The van der Waals surface area contributed by atoms with Crippen LogP contribution in [-0.2, 0) is 6.54 Å². The number of benzene rings is 2. The number of aromatic amines is 1. The van der Waals surface area contributed by atoms with Crippen LogP contribution in [0.25, 0.3) is 21.3 Å². The van der Waals surface area contributed by atoms with Gasteiger partial charge in [0, 0.05) is 34.1 Å². The number of aromatic nitrogens is 2. The number of halogens is 1. The van der Waals surface area contributed by atoms with E-state index >= 15 is 0 Å². The summed E-state index contributed by atoms with van der Waals surface area (Å²) >= 11 is 7.78. The highest BCUT2D eigenvalue weighted by Crippen LogP contribution is 2.34. The van der Waals surface area contributed by atoms with Crippen molar-refractivity contribution in [3.05, 3.63) is 86.7 Å². The molecule has 31 heavy (non-hydrogen) atoms. The minimum Gasteiger partial charge on any atom is -0.387 e. The Bertz CT molecular complexity index is 1240. The maximum absolute atomic E-state index is 13.0. The quantitative estimate of drug-likeness (QED) is 0.401. The van der Waals surface area contributed by atoms with Crippen molar-refractivity contribution in [2.75, 3.05) is 6.54 Å². The number of nitrogens with zero attached hydrogens (tertiary/aromatic N) is 2. The van der Waals surface area contributed by atoms with Crippen LogP contribution in [0.5, 0.6) is 0 Å². The molecule has 1 atom stereocenters. The van der Waals surface area contributed by atoms with Crippen molar-refractivity contribution in [1.29, 1.82) is 0 Å². The Kier molecular flexibility index (Phi) is 6.53. The standard InChI is InChI=1S/C24H24ClN3O2S/c1-15(2)28(12-20(29)16-8-4-3-5-9-16)13-21-26-23(30)22-18(14-31-24(22)27-21)17-10-6-7-11-19(17)25/h3-11,14-15,20,29H,12-13H2,1-2H3,(H,26,27,30)/t20-/m0/s1. The fraction of sp³-hybridized carbons (Fsp3) is 0.250. The Balaban J connectivity index is 1.62. The number of hydrogen-bond acceptors (Lipinski definition) is 5. The molecule has 2 N–H and O–H groups in total. The molecule has 4 aromatic rings. The second kappa shape index (κ2) is 9.32. The van der Waals surface area contributed by atoms with E-state index in [1.165, 1.54) is 11.3 Å². The molecule has 5 nitrogen and oxygen atoms in total. The van der Waals surface area contributed by atoms with Gasteiger partial charge in [-0.2, -0.15) is 0 Å².